The maximum absolute atomic E-state index is 13.8. The first-order valence-corrected chi connectivity index (χ1v) is 12.9. The van der Waals surface area contributed by atoms with Gasteiger partial charge in [-0.3, -0.25) is 9.88 Å². The largest absolute Gasteiger partial charge is 0.492 e. The highest BCUT2D eigenvalue weighted by atomic mass is 35.5. The van der Waals surface area contributed by atoms with Gasteiger partial charge in [0.2, 0.25) is 0 Å². The maximum atomic E-state index is 13.8. The molecular formula is C28H26ClF3N4O2S. The molecule has 0 amide bonds. The monoisotopic (exact) mass is 574 g/mol. The average molecular weight is 575 g/mol. The predicted molar refractivity (Wildman–Crippen MR) is 148 cm³/mol. The Morgan fingerprint density at radius 1 is 1.15 bits per heavy atom. The summed E-state index contributed by atoms with van der Waals surface area (Å²) in [5.74, 6) is 0.521. The van der Waals surface area contributed by atoms with Crippen LogP contribution in [0.15, 0.2) is 54.9 Å². The fourth-order valence-electron chi connectivity index (χ4n) is 4.72. The second kappa shape index (κ2) is 11.0. The Hall–Kier alpha value is -3.39. The summed E-state index contributed by atoms with van der Waals surface area (Å²) in [5, 5.41) is 21.0. The lowest BCUT2D eigenvalue weighted by Gasteiger charge is -2.33. The summed E-state index contributed by atoms with van der Waals surface area (Å²) in [7, 11) is 0. The summed E-state index contributed by atoms with van der Waals surface area (Å²) in [5.41, 5.74) is -0.579. The van der Waals surface area contributed by atoms with Crippen molar-refractivity contribution in [2.24, 2.45) is 0 Å². The number of halogens is 4. The molecule has 0 spiro atoms. The van der Waals surface area contributed by atoms with Gasteiger partial charge in [0.15, 0.2) is 11.3 Å². The van der Waals surface area contributed by atoms with Crippen molar-refractivity contribution in [3.8, 4) is 22.9 Å². The molecule has 0 saturated carbocycles. The molecule has 11 heteroatoms. The van der Waals surface area contributed by atoms with E-state index in [-0.39, 0.29) is 16.4 Å². The number of aliphatic hydroxyl groups excluding tert-OH is 1. The molecule has 1 aliphatic rings. The summed E-state index contributed by atoms with van der Waals surface area (Å²) < 4.78 is 47.2. The highest BCUT2D eigenvalue weighted by Gasteiger charge is 2.50. The minimum absolute atomic E-state index is 0.103. The van der Waals surface area contributed by atoms with Crippen LogP contribution < -0.4 is 9.64 Å². The Morgan fingerprint density at radius 3 is 2.46 bits per heavy atom. The molecule has 204 valence electrons. The summed E-state index contributed by atoms with van der Waals surface area (Å²) >= 11 is 12.1. The number of pyridine rings is 1. The third-order valence-electron chi connectivity index (χ3n) is 6.84. The van der Waals surface area contributed by atoms with E-state index in [0.717, 1.165) is 17.2 Å². The third kappa shape index (κ3) is 5.53. The number of aromatic nitrogens is 1. The zero-order chi connectivity index (χ0) is 28.5. The molecule has 2 heterocycles. The smallest absolute Gasteiger partial charge is 0.418 e. The second-order valence-electron chi connectivity index (χ2n) is 9.66. The summed E-state index contributed by atoms with van der Waals surface area (Å²) in [6.45, 7) is 5.50. The van der Waals surface area contributed by atoms with Crippen LogP contribution in [0.25, 0.3) is 11.1 Å². The Labute approximate surface area is 235 Å². The van der Waals surface area contributed by atoms with E-state index in [4.69, 9.17) is 28.6 Å². The van der Waals surface area contributed by atoms with Crippen molar-refractivity contribution < 1.29 is 23.0 Å². The first kappa shape index (κ1) is 28.6. The van der Waals surface area contributed by atoms with E-state index in [9.17, 15) is 23.5 Å². The van der Waals surface area contributed by atoms with Gasteiger partial charge >= 0.3 is 6.18 Å². The molecule has 1 aliphatic heterocycles. The number of nitrogens with zero attached hydrogens (tertiary/aromatic N) is 4. The van der Waals surface area contributed by atoms with Crippen LogP contribution >= 0.6 is 23.8 Å². The molecule has 39 heavy (non-hydrogen) atoms. The molecule has 4 rings (SSSR count). The van der Waals surface area contributed by atoms with Gasteiger partial charge in [0.25, 0.3) is 0 Å². The molecule has 1 unspecified atom stereocenters. The first-order chi connectivity index (χ1) is 18.4. The lowest BCUT2D eigenvalue weighted by Crippen LogP contribution is -2.47. The maximum Gasteiger partial charge on any atom is 0.418 e. The van der Waals surface area contributed by atoms with Gasteiger partial charge < -0.3 is 14.7 Å². The van der Waals surface area contributed by atoms with Gasteiger partial charge in [-0.2, -0.15) is 18.4 Å². The van der Waals surface area contributed by atoms with Gasteiger partial charge in [0, 0.05) is 24.6 Å². The van der Waals surface area contributed by atoms with Gasteiger partial charge in [-0.05, 0) is 92.5 Å². The molecule has 0 radical (unpaired) electrons. The Kier molecular flexibility index (Phi) is 8.07. The fourth-order valence-corrected chi connectivity index (χ4v) is 5.48. The highest BCUT2D eigenvalue weighted by Crippen LogP contribution is 2.42. The van der Waals surface area contributed by atoms with Crippen molar-refractivity contribution in [1.82, 2.24) is 9.88 Å². The molecule has 6 nitrogen and oxygen atoms in total. The van der Waals surface area contributed by atoms with E-state index in [0.29, 0.717) is 30.3 Å². The van der Waals surface area contributed by atoms with E-state index < -0.39 is 29.1 Å². The van der Waals surface area contributed by atoms with Gasteiger partial charge in [-0.1, -0.05) is 17.7 Å². The zero-order valence-corrected chi connectivity index (χ0v) is 23.0. The number of thiocarbonyl (C=S) groups is 1. The van der Waals surface area contributed by atoms with E-state index in [2.05, 4.69) is 4.98 Å². The normalized spacial score (nSPS) is 16.9. The molecular weight excluding hydrogens is 549 g/mol. The van der Waals surface area contributed by atoms with E-state index in [1.165, 1.54) is 17.9 Å². The van der Waals surface area contributed by atoms with Crippen molar-refractivity contribution in [2.75, 3.05) is 18.1 Å². The SMILES string of the molecule is Cc1c(N2C(=S)N(CCCOc3ccc(-c4ccncc4)cc3Cl)C(C)(C)C2O)ccc(C#N)c1C(F)(F)F. The number of benzene rings is 2. The second-order valence-corrected chi connectivity index (χ2v) is 10.4. The molecule has 0 bridgehead atoms. The topological polar surface area (TPSA) is 72.6 Å². The van der Waals surface area contributed by atoms with E-state index in [1.54, 1.807) is 43.3 Å². The van der Waals surface area contributed by atoms with Gasteiger partial charge in [-0.15, -0.1) is 0 Å². The molecule has 0 aliphatic carbocycles. The van der Waals surface area contributed by atoms with Crippen LogP contribution in [0.5, 0.6) is 5.75 Å². The van der Waals surface area contributed by atoms with Crippen molar-refractivity contribution in [3.63, 3.8) is 0 Å². The van der Waals surface area contributed by atoms with Crippen LogP contribution in [0.1, 0.15) is 37.0 Å². The molecule has 1 fully saturated rings. The van der Waals surface area contributed by atoms with Crippen molar-refractivity contribution in [1.29, 1.82) is 5.26 Å². The molecule has 3 aromatic rings. The quantitative estimate of drug-likeness (QED) is 0.253. The number of aliphatic hydroxyl groups is 1. The number of hydrogen-bond donors (Lipinski definition) is 1. The van der Waals surface area contributed by atoms with Crippen molar-refractivity contribution >= 4 is 34.6 Å². The van der Waals surface area contributed by atoms with Crippen LogP contribution in [-0.4, -0.2) is 45.0 Å². The molecule has 1 aromatic heterocycles. The average Bonchev–Trinajstić information content (AvgIpc) is 3.05. The third-order valence-corrected chi connectivity index (χ3v) is 7.55. The Morgan fingerprint density at radius 2 is 1.85 bits per heavy atom. The summed E-state index contributed by atoms with van der Waals surface area (Å²) in [4.78, 5) is 7.10. The van der Waals surface area contributed by atoms with Crippen LogP contribution in [0.4, 0.5) is 18.9 Å². The number of anilines is 1. The first-order valence-electron chi connectivity index (χ1n) is 12.1. The Balaban J connectivity index is 1.47. The van der Waals surface area contributed by atoms with Crippen molar-refractivity contribution in [3.05, 3.63) is 76.6 Å². The van der Waals surface area contributed by atoms with Crippen LogP contribution in [0.2, 0.25) is 5.02 Å². The van der Waals surface area contributed by atoms with Crippen LogP contribution in [-0.2, 0) is 6.18 Å². The minimum Gasteiger partial charge on any atom is -0.492 e. The van der Waals surface area contributed by atoms with Crippen LogP contribution in [0.3, 0.4) is 0 Å². The number of nitriles is 1. The number of rotatable bonds is 7. The van der Waals surface area contributed by atoms with E-state index in [1.807, 2.05) is 24.3 Å². The van der Waals surface area contributed by atoms with Gasteiger partial charge in [0.1, 0.15) is 5.75 Å². The van der Waals surface area contributed by atoms with Crippen molar-refractivity contribution in [2.45, 2.75) is 45.1 Å². The standard InChI is InChI=1S/C28H26ClF3N4O2S/c1-17-22(7-5-20(16-33)24(17)28(30,31)32)36-25(37)27(2,3)35(26(36)39)13-4-14-38-23-8-6-19(15-21(23)29)18-9-11-34-12-10-18/h5-12,15,25,37H,4,13-14H2,1-3H3. The van der Waals surface area contributed by atoms with E-state index >= 15 is 0 Å². The number of hydrogen-bond acceptors (Lipinski definition) is 5. The zero-order valence-electron chi connectivity index (χ0n) is 21.5. The predicted octanol–water partition coefficient (Wildman–Crippen LogP) is 6.57. The molecule has 1 atom stereocenters. The van der Waals surface area contributed by atoms with Crippen LogP contribution in [0, 0.1) is 18.3 Å². The van der Waals surface area contributed by atoms with Gasteiger partial charge in [-0.25, -0.2) is 0 Å². The number of ether oxygens (including phenoxy) is 1. The minimum atomic E-state index is -4.73. The lowest BCUT2D eigenvalue weighted by molar-refractivity contribution is -0.138. The fraction of sp³-hybridized carbons (Fsp3) is 0.321. The molecule has 2 aromatic carbocycles. The highest BCUT2D eigenvalue weighted by molar-refractivity contribution is 7.80. The summed E-state index contributed by atoms with van der Waals surface area (Å²) in [6, 6.07) is 13.4. The number of alkyl halides is 3. The lowest BCUT2D eigenvalue weighted by atomic mass is 9.98. The molecule has 1 N–H and O–H groups in total. The van der Waals surface area contributed by atoms with Gasteiger partial charge in [0.05, 0.1) is 34.4 Å². The summed E-state index contributed by atoms with van der Waals surface area (Å²) in [6.07, 6.45) is -2.04. The Bertz CT molecular complexity index is 1430. The molecule has 1 saturated heterocycles.